The van der Waals surface area contributed by atoms with Crippen LogP contribution in [0.2, 0.25) is 0 Å². The van der Waals surface area contributed by atoms with E-state index in [2.05, 4.69) is 5.10 Å². The Morgan fingerprint density at radius 3 is 2.19 bits per heavy atom. The molecule has 0 saturated carbocycles. The molecule has 0 radical (unpaired) electrons. The quantitative estimate of drug-likeness (QED) is 0.567. The van der Waals surface area contributed by atoms with E-state index in [1.165, 1.54) is 20.8 Å². The van der Waals surface area contributed by atoms with Crippen LogP contribution in [0.1, 0.15) is 20.8 Å². The molecule has 0 atom stereocenters. The first-order chi connectivity index (χ1) is 9.25. The van der Waals surface area contributed by atoms with Gasteiger partial charge in [0, 0.05) is 0 Å². The number of sulfonamides is 1. The molecule has 120 valence electrons. The van der Waals surface area contributed by atoms with Gasteiger partial charge >= 0.3 is 5.82 Å². The number of aromatic nitrogens is 2. The summed E-state index contributed by atoms with van der Waals surface area (Å²) in [6.45, 7) is 4.34. The maximum Gasteiger partial charge on any atom is 0.410 e. The Morgan fingerprint density at radius 2 is 1.86 bits per heavy atom. The highest BCUT2D eigenvalue weighted by Gasteiger charge is 2.32. The normalized spacial score (nSPS) is 13.3. The Balaban J connectivity index is 3.11. The molecule has 0 saturated heterocycles. The molecule has 0 fully saturated rings. The molecule has 0 aromatic carbocycles. The highest BCUT2D eigenvalue weighted by atomic mass is 32.2. The summed E-state index contributed by atoms with van der Waals surface area (Å²) in [6, 6.07) is 0. The van der Waals surface area contributed by atoms with Gasteiger partial charge in [-0.25, -0.2) is 22.0 Å². The van der Waals surface area contributed by atoms with Crippen LogP contribution in [0.25, 0.3) is 0 Å². The molecule has 2 N–H and O–H groups in total. The zero-order valence-corrected chi connectivity index (χ0v) is 13.3. The minimum Gasteiger partial charge on any atom is -0.358 e. The van der Waals surface area contributed by atoms with E-state index in [0.29, 0.717) is 0 Å². The van der Waals surface area contributed by atoms with Gasteiger partial charge < -0.3 is 10.1 Å². The number of hydrogen-bond acceptors (Lipinski definition) is 7. The average molecular weight is 340 g/mol. The number of aryl methyl sites for hydroxylation is 1. The summed E-state index contributed by atoms with van der Waals surface area (Å²) in [5.74, 6) is -1.26. The van der Waals surface area contributed by atoms with E-state index in [1.807, 2.05) is 0 Å². The first kappa shape index (κ1) is 17.5. The standard InChI is InChI=1S/C9H16N4O6S2/c1-9(2,3)20(16,17)5-4-12-6-7(21(10,18)19)8(11-12)13(14)15/h6H,4-5H2,1-3H3,(H2,10,18,19). The minimum atomic E-state index is -4.31. The lowest BCUT2D eigenvalue weighted by Crippen LogP contribution is -2.32. The Bertz CT molecular complexity index is 757. The molecule has 1 heterocycles. The second-order valence-corrected chi connectivity index (χ2v) is 9.71. The van der Waals surface area contributed by atoms with Crippen LogP contribution in [0, 0.1) is 10.1 Å². The smallest absolute Gasteiger partial charge is 0.358 e. The van der Waals surface area contributed by atoms with E-state index in [1.54, 1.807) is 0 Å². The SMILES string of the molecule is CC(C)(C)S(=O)(=O)CCn1cc(S(N)(=O)=O)c([N+](=O)[O-])n1. The van der Waals surface area contributed by atoms with Crippen LogP contribution >= 0.6 is 0 Å². The van der Waals surface area contributed by atoms with Crippen molar-refractivity contribution >= 4 is 25.7 Å². The van der Waals surface area contributed by atoms with Crippen molar-refractivity contribution in [1.29, 1.82) is 0 Å². The number of hydrogen-bond donors (Lipinski definition) is 1. The highest BCUT2D eigenvalue weighted by Crippen LogP contribution is 2.21. The molecule has 1 rings (SSSR count). The fourth-order valence-corrected chi connectivity index (χ4v) is 3.03. The number of nitro groups is 1. The second-order valence-electron chi connectivity index (χ2n) is 5.31. The Hall–Kier alpha value is -1.53. The molecular weight excluding hydrogens is 324 g/mol. The molecule has 0 aliphatic heterocycles. The molecule has 12 heteroatoms. The van der Waals surface area contributed by atoms with Crippen molar-refractivity contribution in [3.63, 3.8) is 0 Å². The van der Waals surface area contributed by atoms with Crippen LogP contribution in [-0.4, -0.2) is 42.0 Å². The van der Waals surface area contributed by atoms with Gasteiger partial charge in [-0.3, -0.25) is 0 Å². The van der Waals surface area contributed by atoms with Gasteiger partial charge in [0.25, 0.3) is 0 Å². The van der Waals surface area contributed by atoms with Crippen LogP contribution in [0.4, 0.5) is 5.82 Å². The predicted molar refractivity (Wildman–Crippen MR) is 73.8 cm³/mol. The summed E-state index contributed by atoms with van der Waals surface area (Å²) < 4.78 is 46.2. The average Bonchev–Trinajstić information content (AvgIpc) is 2.68. The van der Waals surface area contributed by atoms with Crippen molar-refractivity contribution in [2.75, 3.05) is 5.75 Å². The molecule has 0 aliphatic carbocycles. The Kier molecular flexibility index (Phi) is 4.46. The molecule has 21 heavy (non-hydrogen) atoms. The molecule has 0 unspecified atom stereocenters. The molecule has 1 aromatic rings. The third-order valence-electron chi connectivity index (χ3n) is 2.71. The third-order valence-corrected chi connectivity index (χ3v) is 6.20. The summed E-state index contributed by atoms with van der Waals surface area (Å²) in [6.07, 6.45) is 0.853. The van der Waals surface area contributed by atoms with Gasteiger partial charge in [-0.15, -0.1) is 0 Å². The van der Waals surface area contributed by atoms with Crippen molar-refractivity contribution in [1.82, 2.24) is 9.78 Å². The maximum atomic E-state index is 11.9. The van der Waals surface area contributed by atoms with Gasteiger partial charge in [0.1, 0.15) is 0 Å². The first-order valence-electron chi connectivity index (χ1n) is 5.72. The van der Waals surface area contributed by atoms with E-state index in [9.17, 15) is 26.9 Å². The second kappa shape index (κ2) is 5.35. The monoisotopic (exact) mass is 340 g/mol. The lowest BCUT2D eigenvalue weighted by Gasteiger charge is -2.18. The fourth-order valence-electron chi connectivity index (χ4n) is 1.35. The van der Waals surface area contributed by atoms with Gasteiger partial charge in [-0.2, -0.15) is 4.68 Å². The van der Waals surface area contributed by atoms with Crippen LogP contribution in [0.15, 0.2) is 11.1 Å². The van der Waals surface area contributed by atoms with Crippen molar-refractivity contribution in [2.45, 2.75) is 37.0 Å². The van der Waals surface area contributed by atoms with Crippen LogP contribution < -0.4 is 5.14 Å². The first-order valence-corrected chi connectivity index (χ1v) is 8.92. The van der Waals surface area contributed by atoms with E-state index in [0.717, 1.165) is 10.9 Å². The number of rotatable bonds is 5. The number of sulfone groups is 1. The minimum absolute atomic E-state index is 0.212. The lowest BCUT2D eigenvalue weighted by atomic mass is 10.3. The Labute approximate surface area is 122 Å². The summed E-state index contributed by atoms with van der Waals surface area (Å²) in [7, 11) is -7.78. The van der Waals surface area contributed by atoms with Crippen molar-refractivity contribution in [3.8, 4) is 0 Å². The molecule has 0 bridgehead atoms. The van der Waals surface area contributed by atoms with E-state index >= 15 is 0 Å². The zero-order chi connectivity index (χ0) is 16.6. The lowest BCUT2D eigenvalue weighted by molar-refractivity contribution is -0.392. The summed E-state index contributed by atoms with van der Waals surface area (Å²) >= 11 is 0. The summed E-state index contributed by atoms with van der Waals surface area (Å²) in [5.41, 5.74) is 0. The molecule has 10 nitrogen and oxygen atoms in total. The van der Waals surface area contributed by atoms with Gasteiger partial charge in [-0.1, -0.05) is 0 Å². The van der Waals surface area contributed by atoms with E-state index < -0.39 is 40.2 Å². The maximum absolute atomic E-state index is 11.9. The number of primary sulfonamides is 1. The van der Waals surface area contributed by atoms with Crippen molar-refractivity contribution in [3.05, 3.63) is 16.3 Å². The zero-order valence-electron chi connectivity index (χ0n) is 11.7. The van der Waals surface area contributed by atoms with Crippen molar-refractivity contribution in [2.24, 2.45) is 5.14 Å². The van der Waals surface area contributed by atoms with Gasteiger partial charge in [0.15, 0.2) is 9.84 Å². The molecule has 0 aliphatic rings. The summed E-state index contributed by atoms with van der Waals surface area (Å²) in [4.78, 5) is 8.99. The van der Waals surface area contributed by atoms with E-state index in [4.69, 9.17) is 5.14 Å². The highest BCUT2D eigenvalue weighted by molar-refractivity contribution is 7.92. The third kappa shape index (κ3) is 3.98. The molecule has 0 amide bonds. The van der Waals surface area contributed by atoms with Crippen LogP contribution in [0.5, 0.6) is 0 Å². The molecule has 0 spiro atoms. The molecular formula is C9H16N4O6S2. The molecule has 1 aromatic heterocycles. The van der Waals surface area contributed by atoms with Gasteiger partial charge in [0.2, 0.25) is 14.9 Å². The van der Waals surface area contributed by atoms with Crippen LogP contribution in [0.3, 0.4) is 0 Å². The van der Waals surface area contributed by atoms with E-state index in [-0.39, 0.29) is 12.3 Å². The number of nitrogens with two attached hydrogens (primary N) is 1. The predicted octanol–water partition coefficient (Wildman–Crippen LogP) is -0.348. The largest absolute Gasteiger partial charge is 0.410 e. The summed E-state index contributed by atoms with van der Waals surface area (Å²) in [5, 5.41) is 19.0. The fraction of sp³-hybridized carbons (Fsp3) is 0.667. The van der Waals surface area contributed by atoms with Gasteiger partial charge in [0.05, 0.1) is 28.3 Å². The van der Waals surface area contributed by atoms with Gasteiger partial charge in [-0.05, 0) is 25.7 Å². The topological polar surface area (TPSA) is 155 Å². The number of nitrogens with zero attached hydrogens (tertiary/aromatic N) is 3. The Morgan fingerprint density at radius 1 is 1.33 bits per heavy atom. The van der Waals surface area contributed by atoms with Crippen molar-refractivity contribution < 1.29 is 21.8 Å². The van der Waals surface area contributed by atoms with Crippen LogP contribution in [-0.2, 0) is 26.4 Å².